The monoisotopic (exact) mass is 424 g/mol. The number of hydrogen-bond acceptors (Lipinski definition) is 5. The lowest BCUT2D eigenvalue weighted by Gasteiger charge is -2.08. The van der Waals surface area contributed by atoms with Crippen LogP contribution in [0.25, 0.3) is 22.3 Å². The van der Waals surface area contributed by atoms with Gasteiger partial charge in [0.25, 0.3) is 0 Å². The summed E-state index contributed by atoms with van der Waals surface area (Å²) in [4.78, 5) is 12.3. The minimum absolute atomic E-state index is 0.0337. The van der Waals surface area contributed by atoms with Gasteiger partial charge in [0.05, 0.1) is 0 Å². The molecule has 0 spiro atoms. The van der Waals surface area contributed by atoms with Crippen LogP contribution in [0.2, 0.25) is 0 Å². The maximum Gasteiger partial charge on any atom is 0.197 e. The molecule has 0 radical (unpaired) electrons. The summed E-state index contributed by atoms with van der Waals surface area (Å²) in [5, 5.41) is 10.2. The lowest BCUT2D eigenvalue weighted by Crippen LogP contribution is -2.03. The summed E-state index contributed by atoms with van der Waals surface area (Å²) in [6.07, 6.45) is 0. The maximum absolute atomic E-state index is 12.3. The molecule has 0 amide bonds. The average Bonchev–Trinajstić information content (AvgIpc) is 2.52. The van der Waals surface area contributed by atoms with Crippen LogP contribution >= 0.6 is 22.6 Å². The fourth-order valence-corrected chi connectivity index (χ4v) is 2.57. The van der Waals surface area contributed by atoms with Crippen molar-refractivity contribution in [3.63, 3.8) is 0 Å². The molecule has 0 atom stereocenters. The summed E-state index contributed by atoms with van der Waals surface area (Å²) in [5.41, 5.74) is 0.736. The summed E-state index contributed by atoms with van der Waals surface area (Å²) >= 11 is 2.20. The molecule has 3 aromatic rings. The van der Waals surface area contributed by atoms with Gasteiger partial charge in [-0.15, -0.1) is 0 Å². The van der Waals surface area contributed by atoms with Crippen molar-refractivity contribution < 1.29 is 19.0 Å². The molecule has 0 aliphatic heterocycles. The van der Waals surface area contributed by atoms with Gasteiger partial charge in [-0.3, -0.25) is 4.79 Å². The van der Waals surface area contributed by atoms with Crippen molar-refractivity contribution >= 4 is 33.6 Å². The van der Waals surface area contributed by atoms with Crippen LogP contribution in [0, 0.1) is 3.57 Å². The van der Waals surface area contributed by atoms with Crippen LogP contribution in [0.1, 0.15) is 0 Å². The minimum Gasteiger partial charge on any atom is -0.507 e. The standard InChI is InChI=1S/C17H13IO5/c1-21-9-22-12-6-13(19)17-14(20)8-15(23-16(17)7-12)10-2-4-11(18)5-3-10/h2-8,19H,9H2,1H3. The Labute approximate surface area is 145 Å². The topological polar surface area (TPSA) is 68.9 Å². The summed E-state index contributed by atoms with van der Waals surface area (Å²) < 4.78 is 17.0. The Balaban J connectivity index is 2.15. The number of phenols is 1. The van der Waals surface area contributed by atoms with Gasteiger partial charge < -0.3 is 19.0 Å². The second-order valence-corrected chi connectivity index (χ2v) is 6.09. The van der Waals surface area contributed by atoms with Crippen LogP contribution in [0.3, 0.4) is 0 Å². The van der Waals surface area contributed by atoms with Crippen LogP contribution in [-0.2, 0) is 4.74 Å². The maximum atomic E-state index is 12.3. The third kappa shape index (κ3) is 3.32. The van der Waals surface area contributed by atoms with Gasteiger partial charge in [0.2, 0.25) is 0 Å². The molecule has 3 rings (SSSR count). The van der Waals surface area contributed by atoms with Crippen LogP contribution < -0.4 is 10.2 Å². The number of phenolic OH excluding ortho intramolecular Hbond substituents is 1. The first-order valence-electron chi connectivity index (χ1n) is 6.77. The average molecular weight is 424 g/mol. The molecule has 2 aromatic carbocycles. The Kier molecular flexibility index (Phi) is 4.53. The number of halogens is 1. The fraction of sp³-hybridized carbons (Fsp3) is 0.118. The predicted octanol–water partition coefficient (Wildman–Crippen LogP) is 3.75. The van der Waals surface area contributed by atoms with E-state index in [1.807, 2.05) is 24.3 Å². The molecule has 1 heterocycles. The Bertz CT molecular complexity index is 899. The summed E-state index contributed by atoms with van der Waals surface area (Å²) in [7, 11) is 1.50. The van der Waals surface area contributed by atoms with E-state index < -0.39 is 0 Å². The van der Waals surface area contributed by atoms with Crippen molar-refractivity contribution in [2.75, 3.05) is 13.9 Å². The second kappa shape index (κ2) is 6.59. The van der Waals surface area contributed by atoms with Gasteiger partial charge >= 0.3 is 0 Å². The molecule has 0 aliphatic rings. The van der Waals surface area contributed by atoms with E-state index >= 15 is 0 Å². The first-order chi connectivity index (χ1) is 11.1. The molecule has 1 aromatic heterocycles. The van der Waals surface area contributed by atoms with E-state index in [-0.39, 0.29) is 28.9 Å². The van der Waals surface area contributed by atoms with Gasteiger partial charge in [-0.1, -0.05) is 12.1 Å². The summed E-state index contributed by atoms with van der Waals surface area (Å²) in [5.74, 6) is 0.610. The lowest BCUT2D eigenvalue weighted by molar-refractivity contribution is 0.0510. The van der Waals surface area contributed by atoms with Crippen molar-refractivity contribution in [1.82, 2.24) is 0 Å². The lowest BCUT2D eigenvalue weighted by atomic mass is 10.1. The summed E-state index contributed by atoms with van der Waals surface area (Å²) in [6.45, 7) is 0.0337. The Morgan fingerprint density at radius 1 is 1.17 bits per heavy atom. The van der Waals surface area contributed by atoms with Gasteiger partial charge in [-0.25, -0.2) is 0 Å². The highest BCUT2D eigenvalue weighted by molar-refractivity contribution is 14.1. The van der Waals surface area contributed by atoms with E-state index in [4.69, 9.17) is 13.9 Å². The molecular formula is C17H13IO5. The third-order valence-corrected chi connectivity index (χ3v) is 3.97. The van der Waals surface area contributed by atoms with Gasteiger partial charge in [0.1, 0.15) is 28.2 Å². The zero-order valence-electron chi connectivity index (χ0n) is 12.2. The van der Waals surface area contributed by atoms with E-state index in [1.165, 1.54) is 19.2 Å². The highest BCUT2D eigenvalue weighted by Gasteiger charge is 2.13. The van der Waals surface area contributed by atoms with Crippen LogP contribution in [0.5, 0.6) is 11.5 Å². The molecular weight excluding hydrogens is 411 g/mol. The molecule has 5 nitrogen and oxygen atoms in total. The van der Waals surface area contributed by atoms with E-state index in [9.17, 15) is 9.90 Å². The number of benzene rings is 2. The SMILES string of the molecule is COCOc1cc(O)c2c(=O)cc(-c3ccc(I)cc3)oc2c1. The highest BCUT2D eigenvalue weighted by atomic mass is 127. The van der Waals surface area contributed by atoms with Gasteiger partial charge in [0.15, 0.2) is 12.2 Å². The first-order valence-corrected chi connectivity index (χ1v) is 7.85. The van der Waals surface area contributed by atoms with E-state index in [1.54, 1.807) is 6.07 Å². The molecule has 0 fully saturated rings. The van der Waals surface area contributed by atoms with Gasteiger partial charge in [0, 0.05) is 34.4 Å². The predicted molar refractivity (Wildman–Crippen MR) is 94.8 cm³/mol. The van der Waals surface area contributed by atoms with Crippen molar-refractivity contribution in [3.05, 3.63) is 56.3 Å². The van der Waals surface area contributed by atoms with Crippen molar-refractivity contribution in [3.8, 4) is 22.8 Å². The molecule has 0 saturated carbocycles. The number of aromatic hydroxyl groups is 1. The minimum atomic E-state index is -0.310. The van der Waals surface area contributed by atoms with Gasteiger partial charge in [-0.2, -0.15) is 0 Å². The molecule has 6 heteroatoms. The number of rotatable bonds is 4. The Morgan fingerprint density at radius 3 is 2.61 bits per heavy atom. The third-order valence-electron chi connectivity index (χ3n) is 3.26. The Morgan fingerprint density at radius 2 is 1.91 bits per heavy atom. The highest BCUT2D eigenvalue weighted by Crippen LogP contribution is 2.31. The number of methoxy groups -OCH3 is 1. The normalized spacial score (nSPS) is 10.9. The Hall–Kier alpha value is -2.06. The number of hydrogen-bond donors (Lipinski definition) is 1. The van der Waals surface area contributed by atoms with Crippen molar-refractivity contribution in [2.45, 2.75) is 0 Å². The zero-order valence-corrected chi connectivity index (χ0v) is 14.4. The zero-order chi connectivity index (χ0) is 16.4. The first kappa shape index (κ1) is 15.8. The molecule has 1 N–H and O–H groups in total. The number of ether oxygens (including phenoxy) is 2. The van der Waals surface area contributed by atoms with E-state index in [0.29, 0.717) is 11.5 Å². The molecule has 0 saturated heterocycles. The van der Waals surface area contributed by atoms with Crippen LogP contribution in [-0.4, -0.2) is 19.0 Å². The molecule has 23 heavy (non-hydrogen) atoms. The van der Waals surface area contributed by atoms with E-state index in [0.717, 1.165) is 9.13 Å². The quantitative estimate of drug-likeness (QED) is 0.511. The second-order valence-electron chi connectivity index (χ2n) is 4.85. The molecule has 0 unspecified atom stereocenters. The van der Waals surface area contributed by atoms with Crippen LogP contribution in [0.4, 0.5) is 0 Å². The summed E-state index contributed by atoms with van der Waals surface area (Å²) in [6, 6.07) is 11.9. The van der Waals surface area contributed by atoms with Crippen LogP contribution in [0.15, 0.2) is 51.7 Å². The van der Waals surface area contributed by atoms with Crippen molar-refractivity contribution in [1.29, 1.82) is 0 Å². The molecule has 118 valence electrons. The van der Waals surface area contributed by atoms with Gasteiger partial charge in [-0.05, 0) is 34.7 Å². The molecule has 0 aliphatic carbocycles. The largest absolute Gasteiger partial charge is 0.507 e. The fourth-order valence-electron chi connectivity index (χ4n) is 2.21. The smallest absolute Gasteiger partial charge is 0.197 e. The van der Waals surface area contributed by atoms with Crippen molar-refractivity contribution in [2.24, 2.45) is 0 Å². The van der Waals surface area contributed by atoms with E-state index in [2.05, 4.69) is 22.6 Å². The molecule has 0 bridgehead atoms. The number of fused-ring (bicyclic) bond motifs is 1.